The highest BCUT2D eigenvalue weighted by molar-refractivity contribution is 7.98. The predicted octanol–water partition coefficient (Wildman–Crippen LogP) is 4.09. The molecule has 1 aromatic heterocycles. The summed E-state index contributed by atoms with van der Waals surface area (Å²) in [5.41, 5.74) is 0.254. The molecular weight excluding hydrogens is 378 g/mol. The molecule has 136 valence electrons. The van der Waals surface area contributed by atoms with E-state index in [2.05, 4.69) is 4.99 Å². The average Bonchev–Trinajstić information content (AvgIpc) is 2.95. The second-order valence-electron chi connectivity index (χ2n) is 5.38. The van der Waals surface area contributed by atoms with Gasteiger partial charge in [0.25, 0.3) is 5.91 Å². The molecule has 0 saturated heterocycles. The van der Waals surface area contributed by atoms with Crippen LogP contribution in [-0.2, 0) is 6.54 Å². The van der Waals surface area contributed by atoms with Gasteiger partial charge in [-0.3, -0.25) is 4.79 Å². The van der Waals surface area contributed by atoms with Crippen molar-refractivity contribution < 1.29 is 18.3 Å². The van der Waals surface area contributed by atoms with Crippen molar-refractivity contribution >= 4 is 39.2 Å². The van der Waals surface area contributed by atoms with Gasteiger partial charge in [0, 0.05) is 12.3 Å². The number of thioether (sulfide) groups is 1. The standard InChI is InChI=1S/C18H16F2N2O2S2/c1-24-11-6-7-14-15(10-11)26-18(22(14)8-9-25-2)21-17(23)16-12(19)4-3-5-13(16)20/h3-7,10H,8-9H2,1-2H3. The number of amides is 1. The summed E-state index contributed by atoms with van der Waals surface area (Å²) in [7, 11) is 1.58. The fourth-order valence-corrected chi connectivity index (χ4v) is 3.96. The maximum Gasteiger partial charge on any atom is 0.285 e. The number of aromatic nitrogens is 1. The number of benzene rings is 2. The minimum atomic E-state index is -0.933. The second kappa shape index (κ2) is 8.01. The van der Waals surface area contributed by atoms with Crippen LogP contribution in [0.2, 0.25) is 0 Å². The van der Waals surface area contributed by atoms with Gasteiger partial charge in [0.05, 0.1) is 17.3 Å². The first kappa shape index (κ1) is 18.6. The van der Waals surface area contributed by atoms with E-state index < -0.39 is 23.1 Å². The Bertz CT molecular complexity index is 1010. The molecule has 1 amide bonds. The summed E-state index contributed by atoms with van der Waals surface area (Å²) in [4.78, 5) is 16.8. The Morgan fingerprint density at radius 2 is 2.00 bits per heavy atom. The average molecular weight is 394 g/mol. The number of nitrogens with zero attached hydrogens (tertiary/aromatic N) is 2. The van der Waals surface area contributed by atoms with Crippen molar-refractivity contribution in [3.63, 3.8) is 0 Å². The molecule has 1 heterocycles. The zero-order chi connectivity index (χ0) is 18.7. The van der Waals surface area contributed by atoms with E-state index in [9.17, 15) is 13.6 Å². The number of ether oxygens (including phenoxy) is 1. The van der Waals surface area contributed by atoms with Crippen LogP contribution in [0.3, 0.4) is 0 Å². The summed E-state index contributed by atoms with van der Waals surface area (Å²) in [6.07, 6.45) is 1.98. The predicted molar refractivity (Wildman–Crippen MR) is 101 cm³/mol. The lowest BCUT2D eigenvalue weighted by Crippen LogP contribution is -2.19. The Kier molecular flexibility index (Phi) is 5.73. The number of fused-ring (bicyclic) bond motifs is 1. The van der Waals surface area contributed by atoms with Crippen LogP contribution in [0.15, 0.2) is 41.4 Å². The lowest BCUT2D eigenvalue weighted by Gasteiger charge is -2.05. The first-order valence-corrected chi connectivity index (χ1v) is 9.95. The summed E-state index contributed by atoms with van der Waals surface area (Å²) >= 11 is 2.94. The maximum absolute atomic E-state index is 13.9. The van der Waals surface area contributed by atoms with Crippen LogP contribution in [0, 0.1) is 11.6 Å². The molecule has 2 aromatic carbocycles. The minimum absolute atomic E-state index is 0.398. The van der Waals surface area contributed by atoms with Gasteiger partial charge in [-0.2, -0.15) is 16.8 Å². The Hall–Kier alpha value is -2.19. The minimum Gasteiger partial charge on any atom is -0.497 e. The molecule has 8 heteroatoms. The van der Waals surface area contributed by atoms with E-state index in [1.807, 2.05) is 29.0 Å². The van der Waals surface area contributed by atoms with Crippen molar-refractivity contribution in [2.45, 2.75) is 6.54 Å². The molecule has 3 aromatic rings. The van der Waals surface area contributed by atoms with E-state index in [4.69, 9.17) is 4.74 Å². The molecule has 0 atom stereocenters. The van der Waals surface area contributed by atoms with Crippen molar-refractivity contribution in [1.29, 1.82) is 0 Å². The molecule has 0 aliphatic rings. The van der Waals surface area contributed by atoms with Gasteiger partial charge in [0.2, 0.25) is 0 Å². The number of carbonyl (C=O) groups is 1. The Labute approximate surface area is 157 Å². The van der Waals surface area contributed by atoms with E-state index in [1.54, 1.807) is 18.9 Å². The zero-order valence-corrected chi connectivity index (χ0v) is 15.8. The van der Waals surface area contributed by atoms with Gasteiger partial charge >= 0.3 is 0 Å². The molecule has 0 spiro atoms. The van der Waals surface area contributed by atoms with Crippen LogP contribution in [0.4, 0.5) is 8.78 Å². The third kappa shape index (κ3) is 3.66. The molecule has 0 aliphatic heterocycles. The number of thiazole rings is 1. The van der Waals surface area contributed by atoms with Gasteiger partial charge < -0.3 is 9.30 Å². The lowest BCUT2D eigenvalue weighted by atomic mass is 10.2. The molecule has 0 aliphatic carbocycles. The van der Waals surface area contributed by atoms with Crippen molar-refractivity contribution in [2.75, 3.05) is 19.1 Å². The summed E-state index contributed by atoms with van der Waals surface area (Å²) in [5.74, 6) is -1.27. The second-order valence-corrected chi connectivity index (χ2v) is 7.37. The molecule has 0 saturated carbocycles. The van der Waals surface area contributed by atoms with Crippen LogP contribution in [-0.4, -0.2) is 29.6 Å². The molecule has 0 radical (unpaired) electrons. The van der Waals surface area contributed by atoms with Crippen LogP contribution >= 0.6 is 23.1 Å². The smallest absolute Gasteiger partial charge is 0.285 e. The largest absolute Gasteiger partial charge is 0.497 e. The fourth-order valence-electron chi connectivity index (χ4n) is 2.51. The van der Waals surface area contributed by atoms with Gasteiger partial charge in [-0.15, -0.1) is 0 Å². The van der Waals surface area contributed by atoms with Crippen molar-refractivity contribution in [3.05, 3.63) is 58.4 Å². The highest BCUT2D eigenvalue weighted by atomic mass is 32.2. The van der Waals surface area contributed by atoms with Crippen LogP contribution in [0.25, 0.3) is 10.2 Å². The number of halogens is 2. The van der Waals surface area contributed by atoms with E-state index in [0.29, 0.717) is 17.1 Å². The monoisotopic (exact) mass is 394 g/mol. The van der Waals surface area contributed by atoms with Gasteiger partial charge in [0.1, 0.15) is 22.9 Å². The number of rotatable bonds is 5. The lowest BCUT2D eigenvalue weighted by molar-refractivity contribution is 0.0990. The number of hydrogen-bond acceptors (Lipinski definition) is 4. The first-order valence-electron chi connectivity index (χ1n) is 7.74. The Morgan fingerprint density at radius 3 is 2.65 bits per heavy atom. The third-order valence-corrected chi connectivity index (χ3v) is 5.41. The zero-order valence-electron chi connectivity index (χ0n) is 14.2. The molecule has 0 N–H and O–H groups in total. The van der Waals surface area contributed by atoms with E-state index in [-0.39, 0.29) is 0 Å². The topological polar surface area (TPSA) is 43.6 Å². The molecule has 0 unspecified atom stereocenters. The van der Waals surface area contributed by atoms with Crippen molar-refractivity contribution in [3.8, 4) is 5.75 Å². The van der Waals surface area contributed by atoms with Gasteiger partial charge in [-0.25, -0.2) is 8.78 Å². The van der Waals surface area contributed by atoms with Crippen LogP contribution in [0.1, 0.15) is 10.4 Å². The van der Waals surface area contributed by atoms with Crippen molar-refractivity contribution in [1.82, 2.24) is 4.57 Å². The highest BCUT2D eigenvalue weighted by Crippen LogP contribution is 2.23. The molecule has 26 heavy (non-hydrogen) atoms. The van der Waals surface area contributed by atoms with E-state index in [0.717, 1.165) is 28.1 Å². The normalized spacial score (nSPS) is 11.9. The molecule has 4 nitrogen and oxygen atoms in total. The molecule has 0 bridgehead atoms. The maximum atomic E-state index is 13.9. The number of carbonyl (C=O) groups excluding carboxylic acids is 1. The van der Waals surface area contributed by atoms with E-state index in [1.165, 1.54) is 17.4 Å². The Balaban J connectivity index is 2.15. The van der Waals surface area contributed by atoms with Crippen LogP contribution < -0.4 is 9.54 Å². The number of hydrogen-bond donors (Lipinski definition) is 0. The number of methoxy groups -OCH3 is 1. The third-order valence-electron chi connectivity index (χ3n) is 3.78. The Morgan fingerprint density at radius 1 is 1.27 bits per heavy atom. The molecule has 0 fully saturated rings. The number of aryl methyl sites for hydroxylation is 1. The highest BCUT2D eigenvalue weighted by Gasteiger charge is 2.17. The summed E-state index contributed by atoms with van der Waals surface area (Å²) in [6.45, 7) is 0.624. The van der Waals surface area contributed by atoms with Crippen LogP contribution in [0.5, 0.6) is 5.75 Å². The fraction of sp³-hybridized carbons (Fsp3) is 0.222. The first-order chi connectivity index (χ1) is 12.5. The van der Waals surface area contributed by atoms with Gasteiger partial charge in [-0.05, 0) is 36.6 Å². The quantitative estimate of drug-likeness (QED) is 0.655. The van der Waals surface area contributed by atoms with Gasteiger partial charge in [-0.1, -0.05) is 17.4 Å². The van der Waals surface area contributed by atoms with Gasteiger partial charge in [0.15, 0.2) is 4.80 Å². The summed E-state index contributed by atoms with van der Waals surface area (Å²) in [5, 5.41) is 0. The van der Waals surface area contributed by atoms with E-state index >= 15 is 0 Å². The SMILES string of the molecule is COc1ccc2c(c1)sc(=NC(=O)c1c(F)cccc1F)n2CCSC. The summed E-state index contributed by atoms with van der Waals surface area (Å²) < 4.78 is 35.7. The molecular formula is C18H16F2N2O2S2. The van der Waals surface area contributed by atoms with Crippen molar-refractivity contribution in [2.24, 2.45) is 4.99 Å². The summed E-state index contributed by atoms with van der Waals surface area (Å²) in [6, 6.07) is 8.87. The molecule has 3 rings (SSSR count).